The van der Waals surface area contributed by atoms with Crippen molar-refractivity contribution in [2.45, 2.75) is 44.2 Å². The molecule has 3 nitrogen and oxygen atoms in total. The van der Waals surface area contributed by atoms with Gasteiger partial charge in [0.1, 0.15) is 5.75 Å². The van der Waals surface area contributed by atoms with E-state index in [0.717, 1.165) is 25.1 Å². The number of fused-ring (bicyclic) bond motifs is 1. The van der Waals surface area contributed by atoms with Crippen molar-refractivity contribution in [3.63, 3.8) is 0 Å². The molecular formula is C16H23NO2. The first kappa shape index (κ1) is 12.9. The van der Waals surface area contributed by atoms with Crippen LogP contribution in [0.15, 0.2) is 18.2 Å². The van der Waals surface area contributed by atoms with Crippen molar-refractivity contribution in [3.8, 4) is 5.75 Å². The summed E-state index contributed by atoms with van der Waals surface area (Å²) < 4.78 is 5.34. The number of aryl methyl sites for hydroxylation is 1. The van der Waals surface area contributed by atoms with Crippen LogP contribution >= 0.6 is 0 Å². The number of ether oxygens (including phenoxy) is 1. The second-order valence-electron chi connectivity index (χ2n) is 5.91. The Morgan fingerprint density at radius 3 is 2.95 bits per heavy atom. The van der Waals surface area contributed by atoms with Crippen molar-refractivity contribution in [2.75, 3.05) is 13.7 Å². The van der Waals surface area contributed by atoms with Crippen LogP contribution in [-0.2, 0) is 6.42 Å². The second kappa shape index (κ2) is 5.51. The Labute approximate surface area is 115 Å². The molecule has 2 aliphatic rings. The van der Waals surface area contributed by atoms with E-state index in [9.17, 15) is 5.11 Å². The zero-order valence-electron chi connectivity index (χ0n) is 11.6. The molecule has 2 N–H and O–H groups in total. The van der Waals surface area contributed by atoms with Gasteiger partial charge in [-0.3, -0.25) is 0 Å². The highest BCUT2D eigenvalue weighted by atomic mass is 16.5. The first-order valence-corrected chi connectivity index (χ1v) is 7.34. The third-order valence-corrected chi connectivity index (χ3v) is 4.53. The molecule has 0 saturated heterocycles. The molecule has 3 rings (SSSR count). The first-order valence-electron chi connectivity index (χ1n) is 7.34. The molecule has 19 heavy (non-hydrogen) atoms. The number of aliphatic hydroxyl groups is 1. The van der Waals surface area contributed by atoms with E-state index in [1.54, 1.807) is 7.11 Å². The molecule has 1 saturated carbocycles. The van der Waals surface area contributed by atoms with Crippen LogP contribution in [0.1, 0.15) is 42.9 Å². The zero-order chi connectivity index (χ0) is 13.2. The minimum absolute atomic E-state index is 0.0504. The lowest BCUT2D eigenvalue weighted by Gasteiger charge is -2.34. The molecule has 1 atom stereocenters. The summed E-state index contributed by atoms with van der Waals surface area (Å²) in [5.41, 5.74) is 2.86. The molecule has 0 radical (unpaired) electrons. The Balaban J connectivity index is 1.66. The maximum Gasteiger partial charge on any atom is 0.119 e. The predicted octanol–water partition coefficient (Wildman–Crippen LogP) is 2.43. The number of rotatable bonds is 4. The van der Waals surface area contributed by atoms with Gasteiger partial charge in [0.2, 0.25) is 0 Å². The molecule has 0 bridgehead atoms. The summed E-state index contributed by atoms with van der Waals surface area (Å²) in [7, 11) is 1.72. The summed E-state index contributed by atoms with van der Waals surface area (Å²) in [4.78, 5) is 0. The quantitative estimate of drug-likeness (QED) is 0.874. The van der Waals surface area contributed by atoms with E-state index in [1.165, 1.54) is 30.4 Å². The highest BCUT2D eigenvalue weighted by Crippen LogP contribution is 2.33. The van der Waals surface area contributed by atoms with Crippen LogP contribution in [0, 0.1) is 5.92 Å². The van der Waals surface area contributed by atoms with Crippen molar-refractivity contribution >= 4 is 0 Å². The van der Waals surface area contributed by atoms with Gasteiger partial charge in [-0.1, -0.05) is 6.07 Å². The summed E-state index contributed by atoms with van der Waals surface area (Å²) in [6.45, 7) is 1.03. The predicted molar refractivity (Wildman–Crippen MR) is 75.4 cm³/mol. The number of nitrogens with one attached hydrogen (secondary N) is 1. The van der Waals surface area contributed by atoms with Gasteiger partial charge in [-0.05, 0) is 67.8 Å². The van der Waals surface area contributed by atoms with Gasteiger partial charge in [0.05, 0.1) is 13.2 Å². The first-order chi connectivity index (χ1) is 9.26. The SMILES string of the molecule is COc1ccc2c(c1)C(NCC1CC(O)C1)CCC2. The second-order valence-corrected chi connectivity index (χ2v) is 5.91. The number of hydrogen-bond donors (Lipinski definition) is 2. The van der Waals surface area contributed by atoms with Crippen molar-refractivity contribution in [3.05, 3.63) is 29.3 Å². The van der Waals surface area contributed by atoms with Crippen molar-refractivity contribution < 1.29 is 9.84 Å². The Morgan fingerprint density at radius 2 is 2.21 bits per heavy atom. The van der Waals surface area contributed by atoms with Crippen LogP contribution in [0.3, 0.4) is 0 Å². The number of hydrogen-bond acceptors (Lipinski definition) is 3. The maximum atomic E-state index is 9.34. The third kappa shape index (κ3) is 2.77. The highest BCUT2D eigenvalue weighted by molar-refractivity contribution is 5.39. The van der Waals surface area contributed by atoms with Gasteiger partial charge >= 0.3 is 0 Å². The fourth-order valence-corrected chi connectivity index (χ4v) is 3.29. The standard InChI is InChI=1S/C16H23NO2/c1-19-14-6-5-12-3-2-4-16(15(12)9-14)17-10-11-7-13(18)8-11/h5-6,9,11,13,16-18H,2-4,7-8,10H2,1H3. The molecule has 0 aromatic heterocycles. The Morgan fingerprint density at radius 1 is 1.37 bits per heavy atom. The number of benzene rings is 1. The molecule has 1 fully saturated rings. The molecule has 2 aliphatic carbocycles. The average molecular weight is 261 g/mol. The lowest BCUT2D eigenvalue weighted by atomic mass is 9.81. The van der Waals surface area contributed by atoms with E-state index < -0.39 is 0 Å². The molecule has 1 unspecified atom stereocenters. The average Bonchev–Trinajstić information content (AvgIpc) is 2.41. The lowest BCUT2D eigenvalue weighted by molar-refractivity contribution is 0.0415. The zero-order valence-corrected chi connectivity index (χ0v) is 11.6. The minimum Gasteiger partial charge on any atom is -0.497 e. The summed E-state index contributed by atoms with van der Waals surface area (Å²) in [6, 6.07) is 6.90. The van der Waals surface area contributed by atoms with Gasteiger partial charge in [-0.15, -0.1) is 0 Å². The fourth-order valence-electron chi connectivity index (χ4n) is 3.29. The molecule has 0 aliphatic heterocycles. The van der Waals surface area contributed by atoms with E-state index in [1.807, 2.05) is 0 Å². The topological polar surface area (TPSA) is 41.5 Å². The largest absolute Gasteiger partial charge is 0.497 e. The van der Waals surface area contributed by atoms with E-state index in [0.29, 0.717) is 12.0 Å². The van der Waals surface area contributed by atoms with Crippen molar-refractivity contribution in [2.24, 2.45) is 5.92 Å². The highest BCUT2D eigenvalue weighted by Gasteiger charge is 2.28. The molecule has 1 aromatic rings. The molecule has 3 heteroatoms. The van der Waals surface area contributed by atoms with Crippen molar-refractivity contribution in [1.29, 1.82) is 0 Å². The summed E-state index contributed by atoms with van der Waals surface area (Å²) in [5.74, 6) is 1.61. The molecule has 0 amide bonds. The van der Waals surface area contributed by atoms with Crippen molar-refractivity contribution in [1.82, 2.24) is 5.32 Å². The van der Waals surface area contributed by atoms with Crippen LogP contribution < -0.4 is 10.1 Å². The van der Waals surface area contributed by atoms with E-state index in [4.69, 9.17) is 4.74 Å². The van der Waals surface area contributed by atoms with E-state index in [-0.39, 0.29) is 6.10 Å². The van der Waals surface area contributed by atoms with Gasteiger partial charge in [0.25, 0.3) is 0 Å². The molecule has 0 heterocycles. The number of aliphatic hydroxyl groups excluding tert-OH is 1. The minimum atomic E-state index is -0.0504. The molecule has 104 valence electrons. The summed E-state index contributed by atoms with van der Waals surface area (Å²) in [5, 5.41) is 13.0. The Hall–Kier alpha value is -1.06. The Kier molecular flexibility index (Phi) is 3.76. The maximum absolute atomic E-state index is 9.34. The van der Waals surface area contributed by atoms with Gasteiger partial charge < -0.3 is 15.2 Å². The molecule has 1 aromatic carbocycles. The van der Waals surface area contributed by atoms with E-state index in [2.05, 4.69) is 23.5 Å². The van der Waals surface area contributed by atoms with Crippen LogP contribution in [0.25, 0.3) is 0 Å². The van der Waals surface area contributed by atoms with Crippen LogP contribution in [0.5, 0.6) is 5.75 Å². The van der Waals surface area contributed by atoms with Crippen LogP contribution in [0.4, 0.5) is 0 Å². The normalized spacial score (nSPS) is 29.5. The third-order valence-electron chi connectivity index (χ3n) is 4.53. The van der Waals surface area contributed by atoms with E-state index >= 15 is 0 Å². The molecular weight excluding hydrogens is 238 g/mol. The van der Waals surface area contributed by atoms with Crippen LogP contribution in [-0.4, -0.2) is 24.9 Å². The Bertz CT molecular complexity index is 440. The van der Waals surface area contributed by atoms with Gasteiger partial charge in [-0.2, -0.15) is 0 Å². The fraction of sp³-hybridized carbons (Fsp3) is 0.625. The van der Waals surface area contributed by atoms with Crippen LogP contribution in [0.2, 0.25) is 0 Å². The van der Waals surface area contributed by atoms with Gasteiger partial charge in [-0.25, -0.2) is 0 Å². The smallest absolute Gasteiger partial charge is 0.119 e. The lowest BCUT2D eigenvalue weighted by Crippen LogP contribution is -2.38. The molecule has 0 spiro atoms. The van der Waals surface area contributed by atoms with Gasteiger partial charge in [0.15, 0.2) is 0 Å². The van der Waals surface area contributed by atoms with Gasteiger partial charge in [0, 0.05) is 6.04 Å². The number of methoxy groups -OCH3 is 1. The summed E-state index contributed by atoms with van der Waals surface area (Å²) in [6.07, 6.45) is 5.51. The summed E-state index contributed by atoms with van der Waals surface area (Å²) >= 11 is 0. The monoisotopic (exact) mass is 261 g/mol.